The van der Waals surface area contributed by atoms with Crippen molar-refractivity contribution in [1.82, 2.24) is 4.90 Å². The molecule has 0 aromatic heterocycles. The smallest absolute Gasteiger partial charge is 0.312 e. The molecular weight excluding hydrogens is 355 g/mol. The average Bonchev–Trinajstić information content (AvgIpc) is 3.02. The van der Waals surface area contributed by atoms with E-state index < -0.39 is 0 Å². The normalized spacial score (nSPS) is 25.9. The van der Waals surface area contributed by atoms with Gasteiger partial charge in [-0.2, -0.15) is 0 Å². The van der Waals surface area contributed by atoms with Gasteiger partial charge in [0.1, 0.15) is 11.9 Å². The van der Waals surface area contributed by atoms with Gasteiger partial charge in [-0.1, -0.05) is 33.1 Å². The lowest BCUT2D eigenvalue weighted by molar-refractivity contribution is -0.149. The van der Waals surface area contributed by atoms with E-state index >= 15 is 0 Å². The molecule has 2 unspecified atom stereocenters. The quantitative estimate of drug-likeness (QED) is 0.576. The highest BCUT2D eigenvalue weighted by Gasteiger charge is 2.47. The van der Waals surface area contributed by atoms with E-state index in [1.54, 1.807) is 0 Å². The molecule has 1 aromatic carbocycles. The van der Waals surface area contributed by atoms with Crippen LogP contribution in [-0.2, 0) is 9.53 Å². The number of esters is 1. The van der Waals surface area contributed by atoms with Crippen molar-refractivity contribution in [3.8, 4) is 0 Å². The van der Waals surface area contributed by atoms with Crippen molar-refractivity contribution in [3.05, 3.63) is 30.1 Å². The molecule has 2 aliphatic heterocycles. The Bertz CT molecular complexity index is 628. The van der Waals surface area contributed by atoms with Gasteiger partial charge < -0.3 is 9.64 Å². The summed E-state index contributed by atoms with van der Waals surface area (Å²) in [5.41, 5.74) is 0.863. The summed E-state index contributed by atoms with van der Waals surface area (Å²) in [5.74, 6) is -0.138. The van der Waals surface area contributed by atoms with Crippen LogP contribution in [0.2, 0.25) is 0 Å². The number of carbonyl (C=O) groups is 1. The monoisotopic (exact) mass is 390 g/mol. The summed E-state index contributed by atoms with van der Waals surface area (Å²) in [6.45, 7) is 9.21. The number of benzene rings is 1. The third kappa shape index (κ3) is 5.05. The fourth-order valence-corrected chi connectivity index (χ4v) is 4.73. The Kier molecular flexibility index (Phi) is 7.33. The molecule has 0 saturated carbocycles. The summed E-state index contributed by atoms with van der Waals surface area (Å²) in [7, 11) is 0. The Balaban J connectivity index is 1.45. The lowest BCUT2D eigenvalue weighted by Crippen LogP contribution is -2.47. The van der Waals surface area contributed by atoms with Crippen molar-refractivity contribution in [2.75, 3.05) is 37.6 Å². The molecule has 2 fully saturated rings. The zero-order valence-electron chi connectivity index (χ0n) is 17.5. The minimum Gasteiger partial charge on any atom is -0.462 e. The molecule has 0 N–H and O–H groups in total. The molecule has 2 aliphatic rings. The van der Waals surface area contributed by atoms with Crippen LogP contribution in [0.4, 0.5) is 10.1 Å². The van der Waals surface area contributed by atoms with Crippen LogP contribution in [0.1, 0.15) is 58.8 Å². The minimum atomic E-state index is -0.225. The first-order chi connectivity index (χ1) is 13.6. The van der Waals surface area contributed by atoms with E-state index in [4.69, 9.17) is 4.74 Å². The Hall–Kier alpha value is -1.62. The predicted octanol–water partition coefficient (Wildman–Crippen LogP) is 4.63. The molecule has 2 heterocycles. The summed E-state index contributed by atoms with van der Waals surface area (Å²) >= 11 is 0. The fourth-order valence-electron chi connectivity index (χ4n) is 4.73. The van der Waals surface area contributed by atoms with Crippen LogP contribution in [-0.4, -0.2) is 49.7 Å². The molecule has 0 radical (unpaired) electrons. The van der Waals surface area contributed by atoms with E-state index in [0.717, 1.165) is 83.4 Å². The number of rotatable bonds is 9. The molecule has 2 atom stereocenters. The van der Waals surface area contributed by atoms with Crippen LogP contribution >= 0.6 is 0 Å². The van der Waals surface area contributed by atoms with E-state index in [1.807, 2.05) is 12.1 Å². The summed E-state index contributed by atoms with van der Waals surface area (Å²) < 4.78 is 18.9. The first-order valence-corrected chi connectivity index (χ1v) is 11.0. The largest absolute Gasteiger partial charge is 0.462 e. The Morgan fingerprint density at radius 1 is 1.07 bits per heavy atom. The van der Waals surface area contributed by atoms with Gasteiger partial charge in [-0.3, -0.25) is 9.69 Å². The van der Waals surface area contributed by atoms with Crippen LogP contribution in [0.15, 0.2) is 24.3 Å². The fraction of sp³-hybridized carbons (Fsp3) is 0.696. The summed E-state index contributed by atoms with van der Waals surface area (Å²) in [6, 6.07) is 6.76. The van der Waals surface area contributed by atoms with Crippen LogP contribution in [0.5, 0.6) is 0 Å². The molecule has 156 valence electrons. The van der Waals surface area contributed by atoms with E-state index in [-0.39, 0.29) is 23.3 Å². The number of piperazine rings is 1. The van der Waals surface area contributed by atoms with Gasteiger partial charge in [-0.05, 0) is 43.5 Å². The molecule has 2 saturated heterocycles. The maximum absolute atomic E-state index is 13.1. The van der Waals surface area contributed by atoms with Gasteiger partial charge in [0.15, 0.2) is 0 Å². The van der Waals surface area contributed by atoms with Crippen molar-refractivity contribution in [3.63, 3.8) is 0 Å². The minimum absolute atomic E-state index is 0.0499. The van der Waals surface area contributed by atoms with Gasteiger partial charge in [0.2, 0.25) is 0 Å². The highest BCUT2D eigenvalue weighted by atomic mass is 19.1. The van der Waals surface area contributed by atoms with Gasteiger partial charge in [-0.25, -0.2) is 4.39 Å². The third-order valence-corrected chi connectivity index (χ3v) is 6.39. The molecule has 0 aliphatic carbocycles. The highest BCUT2D eigenvalue weighted by Crippen LogP contribution is 2.43. The Labute approximate surface area is 169 Å². The first kappa shape index (κ1) is 21.1. The number of anilines is 1. The molecule has 3 rings (SSSR count). The molecule has 28 heavy (non-hydrogen) atoms. The van der Waals surface area contributed by atoms with E-state index in [2.05, 4.69) is 23.6 Å². The van der Waals surface area contributed by atoms with E-state index in [0.29, 0.717) is 0 Å². The number of hydrogen-bond acceptors (Lipinski definition) is 4. The van der Waals surface area contributed by atoms with Gasteiger partial charge in [0.25, 0.3) is 0 Å². The highest BCUT2D eigenvalue weighted by molar-refractivity contribution is 5.79. The molecular formula is C23H35FN2O2. The molecule has 4 nitrogen and oxygen atoms in total. The third-order valence-electron chi connectivity index (χ3n) is 6.39. The summed E-state index contributed by atoms with van der Waals surface area (Å²) in [4.78, 5) is 17.4. The number of nitrogens with zero attached hydrogens (tertiary/aromatic N) is 2. The van der Waals surface area contributed by atoms with E-state index in [1.165, 1.54) is 12.1 Å². The first-order valence-electron chi connectivity index (χ1n) is 11.0. The van der Waals surface area contributed by atoms with Gasteiger partial charge in [0, 0.05) is 44.8 Å². The van der Waals surface area contributed by atoms with Crippen molar-refractivity contribution >= 4 is 11.7 Å². The van der Waals surface area contributed by atoms with Gasteiger partial charge >= 0.3 is 5.97 Å². The van der Waals surface area contributed by atoms with Crippen molar-refractivity contribution in [1.29, 1.82) is 0 Å². The topological polar surface area (TPSA) is 32.8 Å². The van der Waals surface area contributed by atoms with Crippen LogP contribution in [0.25, 0.3) is 0 Å². The van der Waals surface area contributed by atoms with Gasteiger partial charge in [0.05, 0.1) is 5.41 Å². The number of carbonyl (C=O) groups excluding carboxylic acids is 1. The van der Waals surface area contributed by atoms with Crippen molar-refractivity contribution in [2.24, 2.45) is 5.41 Å². The number of unbranched alkanes of at least 4 members (excludes halogenated alkanes) is 1. The number of halogens is 1. The van der Waals surface area contributed by atoms with Crippen molar-refractivity contribution < 1.29 is 13.9 Å². The summed E-state index contributed by atoms with van der Waals surface area (Å²) in [5, 5.41) is 0. The van der Waals surface area contributed by atoms with Crippen molar-refractivity contribution in [2.45, 2.75) is 64.9 Å². The molecule has 0 amide bonds. The van der Waals surface area contributed by atoms with Gasteiger partial charge in [-0.15, -0.1) is 0 Å². The zero-order chi connectivity index (χ0) is 20.0. The SMILES string of the molecule is CCCCC1(CCC)CC(CCN2CCN(c3ccc(F)cc3)CC2)OC1=O. The zero-order valence-corrected chi connectivity index (χ0v) is 17.5. The lowest BCUT2D eigenvalue weighted by Gasteiger charge is -2.36. The maximum atomic E-state index is 13.1. The summed E-state index contributed by atoms with van der Waals surface area (Å²) in [6.07, 6.45) is 7.11. The standard InChI is InChI=1S/C23H35FN2O2/c1-3-5-12-23(11-4-2)18-21(28-22(23)27)10-13-25-14-16-26(17-15-25)20-8-6-19(24)7-9-20/h6-9,21H,3-5,10-18H2,1-2H3. The second-order valence-corrected chi connectivity index (χ2v) is 8.46. The number of cyclic esters (lactones) is 1. The predicted molar refractivity (Wildman–Crippen MR) is 111 cm³/mol. The average molecular weight is 391 g/mol. The molecule has 1 aromatic rings. The Morgan fingerprint density at radius 2 is 1.79 bits per heavy atom. The number of ether oxygens (including phenoxy) is 1. The van der Waals surface area contributed by atoms with E-state index in [9.17, 15) is 9.18 Å². The number of hydrogen-bond donors (Lipinski definition) is 0. The van der Waals surface area contributed by atoms with Crippen LogP contribution in [0.3, 0.4) is 0 Å². The van der Waals surface area contributed by atoms with Crippen LogP contribution < -0.4 is 4.90 Å². The van der Waals surface area contributed by atoms with Crippen LogP contribution in [0, 0.1) is 11.2 Å². The second kappa shape index (κ2) is 9.73. The lowest BCUT2D eigenvalue weighted by atomic mass is 9.76. The molecule has 0 bridgehead atoms. The molecule has 5 heteroatoms. The maximum Gasteiger partial charge on any atom is 0.312 e. The Morgan fingerprint density at radius 3 is 2.43 bits per heavy atom. The second-order valence-electron chi connectivity index (χ2n) is 8.46. The molecule has 0 spiro atoms.